The Kier molecular flexibility index (Phi) is 5.79. The Bertz CT molecular complexity index is 516. The maximum absolute atomic E-state index is 5.78. The molecular weight excluding hydrogens is 264 g/mol. The molecule has 1 saturated heterocycles. The molecule has 4 nitrogen and oxygen atoms in total. The first kappa shape index (κ1) is 15.6. The normalized spacial score (nSPS) is 21.6. The zero-order valence-electron chi connectivity index (χ0n) is 12.7. The van der Waals surface area contributed by atoms with Gasteiger partial charge >= 0.3 is 0 Å². The number of rotatable bonds is 6. The highest BCUT2D eigenvalue weighted by Crippen LogP contribution is 2.20. The fourth-order valence-corrected chi connectivity index (χ4v) is 2.51. The summed E-state index contributed by atoms with van der Waals surface area (Å²) in [4.78, 5) is 6.52. The Morgan fingerprint density at radius 1 is 1.33 bits per heavy atom. The molecule has 1 fully saturated rings. The molecule has 1 heterocycles. The van der Waals surface area contributed by atoms with Crippen molar-refractivity contribution in [3.8, 4) is 17.6 Å². The van der Waals surface area contributed by atoms with E-state index in [9.17, 15) is 0 Å². The fraction of sp³-hybridized carbons (Fsp3) is 0.471. The summed E-state index contributed by atoms with van der Waals surface area (Å²) in [5.74, 6) is 6.65. The van der Waals surface area contributed by atoms with Crippen LogP contribution in [0.15, 0.2) is 29.3 Å². The Morgan fingerprint density at radius 2 is 2.10 bits per heavy atom. The van der Waals surface area contributed by atoms with Crippen molar-refractivity contribution in [1.29, 1.82) is 0 Å². The van der Waals surface area contributed by atoms with E-state index in [4.69, 9.17) is 9.47 Å². The Morgan fingerprint density at radius 3 is 2.71 bits per heavy atom. The van der Waals surface area contributed by atoms with Crippen LogP contribution in [0.25, 0.3) is 0 Å². The second-order valence-corrected chi connectivity index (χ2v) is 5.07. The lowest BCUT2D eigenvalue weighted by molar-refractivity contribution is 0.0747. The number of hydrogen-bond acceptors (Lipinski definition) is 4. The molecule has 0 aliphatic carbocycles. The van der Waals surface area contributed by atoms with Crippen molar-refractivity contribution in [3.63, 3.8) is 0 Å². The van der Waals surface area contributed by atoms with E-state index in [1.54, 1.807) is 7.11 Å². The monoisotopic (exact) mass is 286 g/mol. The Balaban J connectivity index is 1.91. The van der Waals surface area contributed by atoms with E-state index in [2.05, 4.69) is 40.6 Å². The van der Waals surface area contributed by atoms with E-state index >= 15 is 0 Å². The summed E-state index contributed by atoms with van der Waals surface area (Å²) >= 11 is 0. The van der Waals surface area contributed by atoms with Crippen LogP contribution in [0.5, 0.6) is 5.75 Å². The van der Waals surface area contributed by atoms with Gasteiger partial charge in [0, 0.05) is 19.6 Å². The second kappa shape index (κ2) is 7.82. The lowest BCUT2D eigenvalue weighted by atomic mass is 10.2. The van der Waals surface area contributed by atoms with E-state index in [0.29, 0.717) is 6.61 Å². The number of methoxy groups -OCH3 is 1. The van der Waals surface area contributed by atoms with Gasteiger partial charge in [-0.05, 0) is 31.3 Å². The molecule has 112 valence electrons. The summed E-state index contributed by atoms with van der Waals surface area (Å²) in [5, 5.41) is 0. The third-order valence-electron chi connectivity index (χ3n) is 3.66. The molecule has 1 aliphatic heterocycles. The van der Waals surface area contributed by atoms with E-state index in [1.165, 1.54) is 5.56 Å². The zero-order valence-corrected chi connectivity index (χ0v) is 12.7. The molecule has 0 spiro atoms. The van der Waals surface area contributed by atoms with Crippen molar-refractivity contribution in [1.82, 2.24) is 4.90 Å². The first-order valence-corrected chi connectivity index (χ1v) is 7.09. The zero-order chi connectivity index (χ0) is 15.1. The lowest BCUT2D eigenvalue weighted by Crippen LogP contribution is -2.26. The summed E-state index contributed by atoms with van der Waals surface area (Å²) in [6, 6.07) is 8.28. The van der Waals surface area contributed by atoms with Gasteiger partial charge in [0.15, 0.2) is 0 Å². The number of nitrogens with zero attached hydrogens (tertiary/aromatic N) is 2. The van der Waals surface area contributed by atoms with Gasteiger partial charge in [-0.25, -0.2) is 0 Å². The second-order valence-electron chi connectivity index (χ2n) is 5.07. The van der Waals surface area contributed by atoms with Crippen LogP contribution in [0.4, 0.5) is 0 Å². The maximum Gasteiger partial charge on any atom is 0.118 e. The van der Waals surface area contributed by atoms with Crippen molar-refractivity contribution in [2.75, 3.05) is 26.8 Å². The predicted molar refractivity (Wildman–Crippen MR) is 84.8 cm³/mol. The lowest BCUT2D eigenvalue weighted by Gasteiger charge is -2.15. The molecule has 21 heavy (non-hydrogen) atoms. The molecule has 1 aliphatic rings. The average molecular weight is 286 g/mol. The highest BCUT2D eigenvalue weighted by Gasteiger charge is 2.32. The molecule has 0 unspecified atom stereocenters. The quantitative estimate of drug-likeness (QED) is 0.592. The molecule has 1 aromatic carbocycles. The van der Waals surface area contributed by atoms with Gasteiger partial charge in [-0.3, -0.25) is 9.89 Å². The van der Waals surface area contributed by atoms with E-state index in [1.807, 2.05) is 19.1 Å². The van der Waals surface area contributed by atoms with Crippen LogP contribution in [-0.2, 0) is 11.3 Å². The van der Waals surface area contributed by atoms with E-state index < -0.39 is 0 Å². The molecule has 0 amide bonds. The highest BCUT2D eigenvalue weighted by molar-refractivity contribution is 5.27. The minimum atomic E-state index is 0.0848. The number of likely N-dealkylation sites (tertiary alicyclic amines) is 1. The minimum absolute atomic E-state index is 0.0848. The largest absolute Gasteiger partial charge is 0.497 e. The molecule has 2 rings (SSSR count). The van der Waals surface area contributed by atoms with Crippen LogP contribution >= 0.6 is 0 Å². The molecular formula is C17H22N2O2. The van der Waals surface area contributed by atoms with E-state index in [0.717, 1.165) is 25.4 Å². The molecule has 0 bridgehead atoms. The van der Waals surface area contributed by atoms with Crippen LogP contribution in [0.1, 0.15) is 12.5 Å². The van der Waals surface area contributed by atoms with Gasteiger partial charge in [-0.2, -0.15) is 0 Å². The van der Waals surface area contributed by atoms with Gasteiger partial charge in [0.25, 0.3) is 0 Å². The highest BCUT2D eigenvalue weighted by atomic mass is 16.5. The summed E-state index contributed by atoms with van der Waals surface area (Å²) in [6.45, 7) is 8.58. The maximum atomic E-state index is 5.78. The van der Waals surface area contributed by atoms with Gasteiger partial charge in [0.2, 0.25) is 0 Å². The smallest absolute Gasteiger partial charge is 0.118 e. The van der Waals surface area contributed by atoms with Crippen LogP contribution in [0.2, 0.25) is 0 Å². The van der Waals surface area contributed by atoms with Crippen molar-refractivity contribution >= 4 is 6.72 Å². The van der Waals surface area contributed by atoms with Gasteiger partial charge in [-0.1, -0.05) is 18.1 Å². The van der Waals surface area contributed by atoms with E-state index in [-0.39, 0.29) is 12.1 Å². The summed E-state index contributed by atoms with van der Waals surface area (Å²) < 4.78 is 11.0. The number of benzene rings is 1. The SMILES string of the molecule is C=N[C@@H]1CN(Cc2ccc(OC)cc2)C[C@H]1OCC#CC. The van der Waals surface area contributed by atoms with Crippen molar-refractivity contribution in [3.05, 3.63) is 29.8 Å². The van der Waals surface area contributed by atoms with Gasteiger partial charge in [-0.15, -0.1) is 5.92 Å². The Hall–Kier alpha value is -1.83. The first-order valence-electron chi connectivity index (χ1n) is 7.09. The summed E-state index contributed by atoms with van der Waals surface area (Å²) in [7, 11) is 1.68. The molecule has 2 atom stereocenters. The van der Waals surface area contributed by atoms with Crippen molar-refractivity contribution in [2.45, 2.75) is 25.6 Å². The molecule has 0 N–H and O–H groups in total. The summed E-state index contributed by atoms with van der Waals surface area (Å²) in [6.07, 6.45) is 0.0848. The predicted octanol–water partition coefficient (Wildman–Crippen LogP) is 1.99. The summed E-state index contributed by atoms with van der Waals surface area (Å²) in [5.41, 5.74) is 1.26. The fourth-order valence-electron chi connectivity index (χ4n) is 2.51. The van der Waals surface area contributed by atoms with Crippen LogP contribution < -0.4 is 4.74 Å². The average Bonchev–Trinajstić information content (AvgIpc) is 2.90. The molecule has 0 saturated carbocycles. The third kappa shape index (κ3) is 4.32. The van der Waals surface area contributed by atoms with Crippen molar-refractivity contribution in [2.24, 2.45) is 4.99 Å². The molecule has 0 radical (unpaired) electrons. The number of aliphatic imine (C=N–C) groups is 1. The van der Waals surface area contributed by atoms with Crippen LogP contribution in [0.3, 0.4) is 0 Å². The third-order valence-corrected chi connectivity index (χ3v) is 3.66. The van der Waals surface area contributed by atoms with Crippen molar-refractivity contribution < 1.29 is 9.47 Å². The van der Waals surface area contributed by atoms with Crippen LogP contribution in [0, 0.1) is 11.8 Å². The van der Waals surface area contributed by atoms with Crippen LogP contribution in [-0.4, -0.2) is 50.6 Å². The standard InChI is InChI=1S/C17H22N2O2/c1-4-5-10-21-17-13-19(12-16(17)18-2)11-14-6-8-15(20-3)9-7-14/h6-9,16-17H,2,10-13H2,1,3H3/t16-,17-/m1/s1. The first-order chi connectivity index (χ1) is 10.3. The van der Waals surface area contributed by atoms with Gasteiger partial charge in [0.1, 0.15) is 12.4 Å². The topological polar surface area (TPSA) is 34.1 Å². The molecule has 1 aromatic rings. The van der Waals surface area contributed by atoms with Gasteiger partial charge in [0.05, 0.1) is 19.3 Å². The number of hydrogen-bond donors (Lipinski definition) is 0. The molecule has 0 aromatic heterocycles. The van der Waals surface area contributed by atoms with Gasteiger partial charge < -0.3 is 9.47 Å². The number of ether oxygens (including phenoxy) is 2. The Labute approximate surface area is 126 Å². The minimum Gasteiger partial charge on any atom is -0.497 e. The molecule has 4 heteroatoms.